The maximum atomic E-state index is 12.9. The van der Waals surface area contributed by atoms with E-state index in [9.17, 15) is 24.0 Å². The number of ether oxygens (including phenoxy) is 1. The number of imide groups is 2. The van der Waals surface area contributed by atoms with Crippen molar-refractivity contribution in [3.63, 3.8) is 0 Å². The molecule has 1 aromatic carbocycles. The van der Waals surface area contributed by atoms with Gasteiger partial charge < -0.3 is 15.0 Å². The van der Waals surface area contributed by atoms with E-state index in [1.807, 2.05) is 20.8 Å². The molecular formula is C22H26N4O6. The Balaban J connectivity index is 1.35. The molecular weight excluding hydrogens is 416 g/mol. The maximum Gasteiger partial charge on any atom is 0.410 e. The summed E-state index contributed by atoms with van der Waals surface area (Å²) in [5.41, 5.74) is 0.612. The van der Waals surface area contributed by atoms with E-state index in [0.29, 0.717) is 25.3 Å². The summed E-state index contributed by atoms with van der Waals surface area (Å²) in [6, 6.07) is 3.90. The van der Waals surface area contributed by atoms with Crippen molar-refractivity contribution in [3.8, 4) is 0 Å². The number of nitrogens with zero attached hydrogens (tertiary/aromatic N) is 2. The second-order valence-electron chi connectivity index (χ2n) is 9.34. The van der Waals surface area contributed by atoms with E-state index in [1.54, 1.807) is 23.1 Å². The predicted octanol–water partition coefficient (Wildman–Crippen LogP) is 1.37. The lowest BCUT2D eigenvalue weighted by Gasteiger charge is -2.40. The summed E-state index contributed by atoms with van der Waals surface area (Å²) >= 11 is 0. The van der Waals surface area contributed by atoms with Crippen molar-refractivity contribution in [2.75, 3.05) is 25.0 Å². The number of rotatable bonds is 4. The zero-order valence-corrected chi connectivity index (χ0v) is 18.3. The summed E-state index contributed by atoms with van der Waals surface area (Å²) in [5.74, 6) is -1.86. The third-order valence-corrected chi connectivity index (χ3v) is 5.64. The van der Waals surface area contributed by atoms with E-state index in [1.165, 1.54) is 0 Å². The summed E-state index contributed by atoms with van der Waals surface area (Å²) in [4.78, 5) is 63.7. The third kappa shape index (κ3) is 4.17. The lowest BCUT2D eigenvalue weighted by atomic mass is 10.0. The van der Waals surface area contributed by atoms with E-state index in [-0.39, 0.29) is 36.0 Å². The summed E-state index contributed by atoms with van der Waals surface area (Å²) in [6.45, 7) is 7.22. The number of nitrogens with one attached hydrogen (secondary N) is 2. The Hall–Kier alpha value is -3.43. The molecule has 3 aliphatic rings. The minimum atomic E-state index is -0.981. The summed E-state index contributed by atoms with van der Waals surface area (Å²) < 4.78 is 5.34. The molecule has 170 valence electrons. The molecule has 10 heteroatoms. The van der Waals surface area contributed by atoms with E-state index in [4.69, 9.17) is 4.74 Å². The molecule has 10 nitrogen and oxygen atoms in total. The van der Waals surface area contributed by atoms with Crippen LogP contribution in [-0.4, -0.2) is 70.8 Å². The first-order valence-electron chi connectivity index (χ1n) is 10.6. The fourth-order valence-electron chi connectivity index (χ4n) is 4.02. The molecule has 2 saturated heterocycles. The van der Waals surface area contributed by atoms with Crippen LogP contribution in [0, 0.1) is 5.92 Å². The van der Waals surface area contributed by atoms with Gasteiger partial charge in [0.15, 0.2) is 0 Å². The average Bonchev–Trinajstić information content (AvgIpc) is 2.90. The maximum absolute atomic E-state index is 12.9. The van der Waals surface area contributed by atoms with Gasteiger partial charge in [-0.1, -0.05) is 0 Å². The van der Waals surface area contributed by atoms with Gasteiger partial charge in [0.2, 0.25) is 11.8 Å². The third-order valence-electron chi connectivity index (χ3n) is 5.64. The minimum Gasteiger partial charge on any atom is -0.444 e. The summed E-state index contributed by atoms with van der Waals surface area (Å²) in [7, 11) is 0. The molecule has 0 radical (unpaired) electrons. The molecule has 2 N–H and O–H groups in total. The van der Waals surface area contributed by atoms with Crippen molar-refractivity contribution < 1.29 is 28.7 Å². The van der Waals surface area contributed by atoms with Crippen molar-refractivity contribution in [2.24, 2.45) is 5.92 Å². The Bertz CT molecular complexity index is 1010. The highest BCUT2D eigenvalue weighted by Crippen LogP contribution is 2.30. The Morgan fingerprint density at radius 3 is 2.47 bits per heavy atom. The fourth-order valence-corrected chi connectivity index (χ4v) is 4.02. The Morgan fingerprint density at radius 1 is 1.12 bits per heavy atom. The smallest absolute Gasteiger partial charge is 0.410 e. The molecule has 4 rings (SSSR count). The number of fused-ring (bicyclic) bond motifs is 1. The summed E-state index contributed by atoms with van der Waals surface area (Å²) in [6.07, 6.45) is -0.126. The minimum absolute atomic E-state index is 0.0817. The molecule has 0 saturated carbocycles. The molecule has 1 aromatic rings. The van der Waals surface area contributed by atoms with Gasteiger partial charge in [-0.3, -0.25) is 29.4 Å². The molecule has 32 heavy (non-hydrogen) atoms. The van der Waals surface area contributed by atoms with E-state index < -0.39 is 35.3 Å². The van der Waals surface area contributed by atoms with E-state index in [2.05, 4.69) is 10.6 Å². The molecule has 2 fully saturated rings. The standard InChI is InChI=1S/C22H26N4O6/c1-22(2,3)32-21(31)25-10-12(11-25)9-23-13-4-5-14-15(8-13)20(30)26(19(14)29)16-6-7-17(27)24-18(16)28/h4-5,8,12,16,23H,6-7,9-11H2,1-3H3,(H,24,27,28). The van der Waals surface area contributed by atoms with Gasteiger partial charge in [-0.25, -0.2) is 4.79 Å². The second kappa shape index (κ2) is 7.92. The molecule has 0 spiro atoms. The monoisotopic (exact) mass is 442 g/mol. The fraction of sp³-hybridized carbons (Fsp3) is 0.500. The SMILES string of the molecule is CC(C)(C)OC(=O)N1CC(CNc2ccc3c(c2)C(=O)N(C2CCC(=O)NC2=O)C3=O)C1. The van der Waals surface area contributed by atoms with Gasteiger partial charge >= 0.3 is 6.09 Å². The van der Waals surface area contributed by atoms with Crippen LogP contribution in [0.3, 0.4) is 0 Å². The Kier molecular flexibility index (Phi) is 5.39. The second-order valence-corrected chi connectivity index (χ2v) is 9.34. The van der Waals surface area contributed by atoms with Crippen LogP contribution in [0.2, 0.25) is 0 Å². The van der Waals surface area contributed by atoms with Crippen LogP contribution in [0.25, 0.3) is 0 Å². The van der Waals surface area contributed by atoms with Crippen molar-refractivity contribution in [1.82, 2.24) is 15.1 Å². The number of piperidine rings is 1. The molecule has 0 aromatic heterocycles. The topological polar surface area (TPSA) is 125 Å². The van der Waals surface area contributed by atoms with Crippen LogP contribution in [0.1, 0.15) is 54.3 Å². The van der Waals surface area contributed by atoms with E-state index in [0.717, 1.165) is 4.90 Å². The van der Waals surface area contributed by atoms with Crippen LogP contribution < -0.4 is 10.6 Å². The largest absolute Gasteiger partial charge is 0.444 e. The molecule has 5 amide bonds. The quantitative estimate of drug-likeness (QED) is 0.675. The zero-order valence-electron chi connectivity index (χ0n) is 18.3. The number of amides is 5. The molecule has 1 unspecified atom stereocenters. The highest BCUT2D eigenvalue weighted by atomic mass is 16.6. The van der Waals surface area contributed by atoms with Crippen LogP contribution in [-0.2, 0) is 14.3 Å². The van der Waals surface area contributed by atoms with Gasteiger partial charge in [0.25, 0.3) is 11.8 Å². The van der Waals surface area contributed by atoms with Crippen molar-refractivity contribution >= 4 is 35.4 Å². The van der Waals surface area contributed by atoms with Gasteiger partial charge in [0, 0.05) is 37.7 Å². The Labute approximate surface area is 185 Å². The van der Waals surface area contributed by atoms with Gasteiger partial charge in [0.05, 0.1) is 11.1 Å². The van der Waals surface area contributed by atoms with Crippen molar-refractivity contribution in [2.45, 2.75) is 45.3 Å². The predicted molar refractivity (Wildman–Crippen MR) is 113 cm³/mol. The van der Waals surface area contributed by atoms with Crippen LogP contribution in [0.15, 0.2) is 18.2 Å². The number of carbonyl (C=O) groups is 5. The van der Waals surface area contributed by atoms with Crippen LogP contribution in [0.5, 0.6) is 0 Å². The summed E-state index contributed by atoms with van der Waals surface area (Å²) in [5, 5.41) is 5.43. The normalized spacial score (nSPS) is 21.3. The highest BCUT2D eigenvalue weighted by Gasteiger charge is 2.44. The lowest BCUT2D eigenvalue weighted by molar-refractivity contribution is -0.136. The highest BCUT2D eigenvalue weighted by molar-refractivity contribution is 6.23. The number of benzene rings is 1. The van der Waals surface area contributed by atoms with Gasteiger partial charge in [-0.05, 0) is 45.4 Å². The molecule has 0 bridgehead atoms. The molecule has 3 heterocycles. The number of hydrogen-bond donors (Lipinski definition) is 2. The first-order valence-corrected chi connectivity index (χ1v) is 10.6. The van der Waals surface area contributed by atoms with Crippen molar-refractivity contribution in [1.29, 1.82) is 0 Å². The van der Waals surface area contributed by atoms with E-state index >= 15 is 0 Å². The average molecular weight is 442 g/mol. The van der Waals surface area contributed by atoms with Crippen LogP contribution in [0.4, 0.5) is 10.5 Å². The van der Waals surface area contributed by atoms with Gasteiger partial charge in [-0.2, -0.15) is 0 Å². The first-order chi connectivity index (χ1) is 15.0. The zero-order chi connectivity index (χ0) is 23.2. The number of carbonyl (C=O) groups excluding carboxylic acids is 5. The lowest BCUT2D eigenvalue weighted by Crippen LogP contribution is -2.54. The van der Waals surface area contributed by atoms with Gasteiger partial charge in [0.1, 0.15) is 11.6 Å². The molecule has 0 aliphatic carbocycles. The first kappa shape index (κ1) is 21.8. The van der Waals surface area contributed by atoms with Crippen molar-refractivity contribution in [3.05, 3.63) is 29.3 Å². The van der Waals surface area contributed by atoms with Gasteiger partial charge in [-0.15, -0.1) is 0 Å². The number of hydrogen-bond acceptors (Lipinski definition) is 7. The number of anilines is 1. The Morgan fingerprint density at radius 2 is 1.81 bits per heavy atom. The molecule has 3 aliphatic heterocycles. The number of likely N-dealkylation sites (tertiary alicyclic amines) is 1. The molecule has 1 atom stereocenters. The van der Waals surface area contributed by atoms with Crippen LogP contribution >= 0.6 is 0 Å².